The summed E-state index contributed by atoms with van der Waals surface area (Å²) in [5.41, 5.74) is -0.575. The van der Waals surface area contributed by atoms with Gasteiger partial charge in [0.2, 0.25) is 11.8 Å². The van der Waals surface area contributed by atoms with Crippen molar-refractivity contribution in [1.82, 2.24) is 10.2 Å². The molecule has 0 bridgehead atoms. The molecule has 0 saturated carbocycles. The lowest BCUT2D eigenvalue weighted by molar-refractivity contribution is -0.153. The van der Waals surface area contributed by atoms with Crippen molar-refractivity contribution in [1.29, 1.82) is 0 Å². The average molecular weight is 343 g/mol. The third kappa shape index (κ3) is 2.70. The number of hydrogen-bond acceptors (Lipinski definition) is 2. The molecule has 1 heterocycles. The third-order valence-electron chi connectivity index (χ3n) is 3.43. The Hall–Kier alpha value is -1.43. The SMILES string of the molecule is CC1C(=O)NC(C)(C)C(=O)N1Cc1ccc(Br)cc1F. The Labute approximate surface area is 125 Å². The highest BCUT2D eigenvalue weighted by molar-refractivity contribution is 9.10. The van der Waals surface area contributed by atoms with Crippen LogP contribution in [0.4, 0.5) is 4.39 Å². The molecule has 1 unspecified atom stereocenters. The number of piperazine rings is 1. The van der Waals surface area contributed by atoms with Crippen LogP contribution >= 0.6 is 15.9 Å². The highest BCUT2D eigenvalue weighted by atomic mass is 79.9. The number of hydrogen-bond donors (Lipinski definition) is 1. The van der Waals surface area contributed by atoms with E-state index in [1.165, 1.54) is 11.0 Å². The summed E-state index contributed by atoms with van der Waals surface area (Å²) in [4.78, 5) is 25.7. The third-order valence-corrected chi connectivity index (χ3v) is 3.93. The van der Waals surface area contributed by atoms with E-state index in [0.717, 1.165) is 0 Å². The maximum absolute atomic E-state index is 13.9. The molecule has 0 radical (unpaired) electrons. The quantitative estimate of drug-likeness (QED) is 0.895. The van der Waals surface area contributed by atoms with Gasteiger partial charge in [-0.05, 0) is 32.9 Å². The van der Waals surface area contributed by atoms with Crippen LogP contribution in [-0.4, -0.2) is 28.3 Å². The summed E-state index contributed by atoms with van der Waals surface area (Å²) in [5, 5.41) is 2.66. The van der Waals surface area contributed by atoms with Crippen molar-refractivity contribution in [2.45, 2.75) is 38.9 Å². The van der Waals surface area contributed by atoms with E-state index in [2.05, 4.69) is 21.2 Å². The Kier molecular flexibility index (Phi) is 3.86. The predicted molar refractivity (Wildman–Crippen MR) is 76.3 cm³/mol. The number of carbonyl (C=O) groups is 2. The second kappa shape index (κ2) is 5.16. The van der Waals surface area contributed by atoms with Crippen LogP contribution in [0.5, 0.6) is 0 Å². The van der Waals surface area contributed by atoms with Gasteiger partial charge in [-0.2, -0.15) is 0 Å². The molecule has 4 nitrogen and oxygen atoms in total. The van der Waals surface area contributed by atoms with E-state index in [4.69, 9.17) is 0 Å². The monoisotopic (exact) mass is 342 g/mol. The van der Waals surface area contributed by atoms with Crippen molar-refractivity contribution >= 4 is 27.7 Å². The molecule has 0 aromatic heterocycles. The minimum absolute atomic E-state index is 0.0793. The van der Waals surface area contributed by atoms with Gasteiger partial charge in [0.25, 0.3) is 0 Å². The van der Waals surface area contributed by atoms with Crippen LogP contribution in [-0.2, 0) is 16.1 Å². The van der Waals surface area contributed by atoms with Gasteiger partial charge in [-0.3, -0.25) is 9.59 Å². The molecule has 20 heavy (non-hydrogen) atoms. The topological polar surface area (TPSA) is 49.4 Å². The summed E-state index contributed by atoms with van der Waals surface area (Å²) >= 11 is 3.19. The van der Waals surface area contributed by atoms with Crippen molar-refractivity contribution < 1.29 is 14.0 Å². The second-order valence-corrected chi connectivity index (χ2v) is 6.37. The van der Waals surface area contributed by atoms with Crippen molar-refractivity contribution in [2.75, 3.05) is 0 Å². The van der Waals surface area contributed by atoms with Gasteiger partial charge in [0.05, 0.1) is 0 Å². The lowest BCUT2D eigenvalue weighted by Gasteiger charge is -2.41. The number of benzene rings is 1. The summed E-state index contributed by atoms with van der Waals surface area (Å²) in [6.45, 7) is 5.00. The van der Waals surface area contributed by atoms with Gasteiger partial charge in [0.1, 0.15) is 17.4 Å². The fourth-order valence-electron chi connectivity index (χ4n) is 2.18. The molecular weight excluding hydrogens is 327 g/mol. The first-order valence-corrected chi connectivity index (χ1v) is 7.08. The van der Waals surface area contributed by atoms with Crippen LogP contribution in [0.25, 0.3) is 0 Å². The summed E-state index contributed by atoms with van der Waals surface area (Å²) in [7, 11) is 0. The van der Waals surface area contributed by atoms with Crippen LogP contribution < -0.4 is 5.32 Å². The van der Waals surface area contributed by atoms with E-state index >= 15 is 0 Å². The van der Waals surface area contributed by atoms with Crippen LogP contribution in [0.2, 0.25) is 0 Å². The summed E-state index contributed by atoms with van der Waals surface area (Å²) in [6, 6.07) is 4.06. The number of nitrogens with one attached hydrogen (secondary N) is 1. The molecular formula is C14H16BrFN2O2. The van der Waals surface area contributed by atoms with Gasteiger partial charge >= 0.3 is 0 Å². The Morgan fingerprint density at radius 3 is 2.65 bits per heavy atom. The Balaban J connectivity index is 2.30. The number of rotatable bonds is 2. The van der Waals surface area contributed by atoms with Gasteiger partial charge < -0.3 is 10.2 Å². The second-order valence-electron chi connectivity index (χ2n) is 5.46. The van der Waals surface area contributed by atoms with Crippen molar-refractivity contribution in [2.24, 2.45) is 0 Å². The first-order chi connectivity index (χ1) is 9.22. The molecule has 2 amide bonds. The summed E-state index contributed by atoms with van der Waals surface area (Å²) in [6.07, 6.45) is 0. The highest BCUT2D eigenvalue weighted by Crippen LogP contribution is 2.23. The van der Waals surface area contributed by atoms with E-state index in [-0.39, 0.29) is 18.4 Å². The molecule has 1 atom stereocenters. The van der Waals surface area contributed by atoms with Crippen molar-refractivity contribution in [3.63, 3.8) is 0 Å². The molecule has 1 aliphatic heterocycles. The van der Waals surface area contributed by atoms with Gasteiger partial charge in [0.15, 0.2) is 0 Å². The zero-order valence-electron chi connectivity index (χ0n) is 11.5. The van der Waals surface area contributed by atoms with Crippen LogP contribution in [0.15, 0.2) is 22.7 Å². The zero-order chi connectivity index (χ0) is 15.1. The largest absolute Gasteiger partial charge is 0.340 e. The molecule has 1 saturated heterocycles. The van der Waals surface area contributed by atoms with Gasteiger partial charge in [-0.1, -0.05) is 22.0 Å². The maximum Gasteiger partial charge on any atom is 0.248 e. The molecule has 6 heteroatoms. The van der Waals surface area contributed by atoms with Gasteiger partial charge in [-0.15, -0.1) is 0 Å². The van der Waals surface area contributed by atoms with E-state index < -0.39 is 17.4 Å². The molecule has 108 valence electrons. The fourth-order valence-corrected chi connectivity index (χ4v) is 2.52. The van der Waals surface area contributed by atoms with Crippen LogP contribution in [0.3, 0.4) is 0 Å². The molecule has 1 aromatic carbocycles. The van der Waals surface area contributed by atoms with Crippen molar-refractivity contribution in [3.8, 4) is 0 Å². The standard InChI is InChI=1S/C14H16BrFN2O2/c1-8-12(19)17-14(2,3)13(20)18(8)7-9-4-5-10(15)6-11(9)16/h4-6,8H,7H2,1-3H3,(H,17,19). The maximum atomic E-state index is 13.9. The highest BCUT2D eigenvalue weighted by Gasteiger charge is 2.43. The number of nitrogens with zero attached hydrogens (tertiary/aromatic N) is 1. The summed E-state index contributed by atoms with van der Waals surface area (Å²) in [5.74, 6) is -0.845. The Morgan fingerprint density at radius 1 is 1.40 bits per heavy atom. The smallest absolute Gasteiger partial charge is 0.248 e. The van der Waals surface area contributed by atoms with Crippen LogP contribution in [0.1, 0.15) is 26.3 Å². The first-order valence-electron chi connectivity index (χ1n) is 6.29. The number of carbonyl (C=O) groups excluding carboxylic acids is 2. The fraction of sp³-hybridized carbons (Fsp3) is 0.429. The Bertz CT molecular complexity index is 574. The lowest BCUT2D eigenvalue weighted by Crippen LogP contribution is -2.67. The van der Waals surface area contributed by atoms with Crippen LogP contribution in [0, 0.1) is 5.82 Å². The average Bonchev–Trinajstić information content (AvgIpc) is 2.34. The molecule has 0 aliphatic carbocycles. The molecule has 2 rings (SSSR count). The predicted octanol–water partition coefficient (Wildman–Crippen LogP) is 2.21. The summed E-state index contributed by atoms with van der Waals surface area (Å²) < 4.78 is 14.5. The minimum atomic E-state index is -0.963. The van der Waals surface area contributed by atoms with Gasteiger partial charge in [-0.25, -0.2) is 4.39 Å². The number of halogens is 2. The molecule has 1 N–H and O–H groups in total. The minimum Gasteiger partial charge on any atom is -0.340 e. The number of amides is 2. The lowest BCUT2D eigenvalue weighted by atomic mass is 9.96. The molecule has 1 fully saturated rings. The van der Waals surface area contributed by atoms with E-state index in [1.807, 2.05) is 0 Å². The normalized spacial score (nSPS) is 21.9. The van der Waals surface area contributed by atoms with E-state index in [0.29, 0.717) is 10.0 Å². The van der Waals surface area contributed by atoms with Crippen molar-refractivity contribution in [3.05, 3.63) is 34.1 Å². The van der Waals surface area contributed by atoms with E-state index in [9.17, 15) is 14.0 Å². The molecule has 1 aromatic rings. The molecule has 1 aliphatic rings. The zero-order valence-corrected chi connectivity index (χ0v) is 13.1. The molecule has 0 spiro atoms. The Morgan fingerprint density at radius 2 is 2.05 bits per heavy atom. The first kappa shape index (κ1) is 15.0. The van der Waals surface area contributed by atoms with E-state index in [1.54, 1.807) is 32.9 Å². The van der Waals surface area contributed by atoms with Gasteiger partial charge in [0, 0.05) is 16.6 Å².